The highest BCUT2D eigenvalue weighted by Gasteiger charge is 2.27. The molecule has 0 radical (unpaired) electrons. The SMILES string of the molecule is Cc1ccc(C(CN2CCOCC2)N2CCNC(C)C2)cc1. The van der Waals surface area contributed by atoms with Crippen LogP contribution in [0.4, 0.5) is 0 Å². The lowest BCUT2D eigenvalue weighted by Gasteiger charge is -2.41. The maximum absolute atomic E-state index is 5.50. The molecule has 122 valence electrons. The summed E-state index contributed by atoms with van der Waals surface area (Å²) in [6, 6.07) is 10.2. The molecule has 0 aromatic heterocycles. The quantitative estimate of drug-likeness (QED) is 0.915. The Hall–Kier alpha value is -0.940. The third kappa shape index (κ3) is 4.07. The minimum Gasteiger partial charge on any atom is -0.379 e. The van der Waals surface area contributed by atoms with E-state index in [-0.39, 0.29) is 0 Å². The van der Waals surface area contributed by atoms with E-state index in [1.165, 1.54) is 11.1 Å². The van der Waals surface area contributed by atoms with Crippen molar-refractivity contribution >= 4 is 0 Å². The zero-order valence-corrected chi connectivity index (χ0v) is 13.9. The lowest BCUT2D eigenvalue weighted by atomic mass is 10.0. The normalized spacial score (nSPS) is 26.0. The number of nitrogens with one attached hydrogen (secondary N) is 1. The molecule has 0 bridgehead atoms. The first-order valence-corrected chi connectivity index (χ1v) is 8.56. The van der Waals surface area contributed by atoms with E-state index >= 15 is 0 Å². The summed E-state index contributed by atoms with van der Waals surface area (Å²) in [5.74, 6) is 0. The first-order chi connectivity index (χ1) is 10.7. The van der Waals surface area contributed by atoms with Gasteiger partial charge in [0.05, 0.1) is 13.2 Å². The molecule has 2 saturated heterocycles. The van der Waals surface area contributed by atoms with Crippen LogP contribution in [0.5, 0.6) is 0 Å². The van der Waals surface area contributed by atoms with E-state index < -0.39 is 0 Å². The number of hydrogen-bond donors (Lipinski definition) is 1. The molecule has 1 aromatic carbocycles. The highest BCUT2D eigenvalue weighted by Crippen LogP contribution is 2.24. The van der Waals surface area contributed by atoms with Gasteiger partial charge in [0.1, 0.15) is 0 Å². The van der Waals surface area contributed by atoms with Gasteiger partial charge < -0.3 is 10.1 Å². The van der Waals surface area contributed by atoms with Crippen molar-refractivity contribution in [3.8, 4) is 0 Å². The Balaban J connectivity index is 1.75. The summed E-state index contributed by atoms with van der Waals surface area (Å²) in [7, 11) is 0. The third-order valence-electron chi connectivity index (χ3n) is 4.84. The molecular formula is C18H29N3O. The van der Waals surface area contributed by atoms with Gasteiger partial charge in [-0.1, -0.05) is 29.8 Å². The monoisotopic (exact) mass is 303 g/mol. The van der Waals surface area contributed by atoms with Crippen molar-refractivity contribution in [1.29, 1.82) is 0 Å². The Labute approximate surface area is 134 Å². The second-order valence-corrected chi connectivity index (χ2v) is 6.69. The van der Waals surface area contributed by atoms with Crippen molar-refractivity contribution in [3.63, 3.8) is 0 Å². The topological polar surface area (TPSA) is 27.7 Å². The van der Waals surface area contributed by atoms with Crippen LogP contribution in [0.15, 0.2) is 24.3 Å². The molecule has 4 nitrogen and oxygen atoms in total. The number of morpholine rings is 1. The first kappa shape index (κ1) is 15.9. The Kier molecular flexibility index (Phi) is 5.47. The molecule has 2 fully saturated rings. The van der Waals surface area contributed by atoms with Crippen molar-refractivity contribution in [3.05, 3.63) is 35.4 Å². The fraction of sp³-hybridized carbons (Fsp3) is 0.667. The van der Waals surface area contributed by atoms with Crippen molar-refractivity contribution in [1.82, 2.24) is 15.1 Å². The summed E-state index contributed by atoms with van der Waals surface area (Å²) in [6.45, 7) is 12.8. The van der Waals surface area contributed by atoms with Crippen LogP contribution in [0, 0.1) is 6.92 Å². The molecule has 0 amide bonds. The van der Waals surface area contributed by atoms with Crippen LogP contribution in [0.1, 0.15) is 24.1 Å². The highest BCUT2D eigenvalue weighted by atomic mass is 16.5. The predicted molar refractivity (Wildman–Crippen MR) is 90.2 cm³/mol. The Morgan fingerprint density at radius 3 is 2.59 bits per heavy atom. The molecule has 2 aliphatic heterocycles. The van der Waals surface area contributed by atoms with Crippen molar-refractivity contribution in [2.24, 2.45) is 0 Å². The van der Waals surface area contributed by atoms with Crippen molar-refractivity contribution in [2.75, 3.05) is 52.5 Å². The third-order valence-corrected chi connectivity index (χ3v) is 4.84. The van der Waals surface area contributed by atoms with Crippen LogP contribution in [0.25, 0.3) is 0 Å². The summed E-state index contributed by atoms with van der Waals surface area (Å²) in [5.41, 5.74) is 2.79. The molecule has 1 aromatic rings. The fourth-order valence-electron chi connectivity index (χ4n) is 3.49. The van der Waals surface area contributed by atoms with Crippen LogP contribution >= 0.6 is 0 Å². The smallest absolute Gasteiger partial charge is 0.0594 e. The van der Waals surface area contributed by atoms with E-state index in [0.29, 0.717) is 12.1 Å². The zero-order chi connectivity index (χ0) is 15.4. The predicted octanol–water partition coefficient (Wildman–Crippen LogP) is 1.66. The van der Waals surface area contributed by atoms with E-state index in [2.05, 4.69) is 53.2 Å². The molecule has 3 rings (SSSR count). The van der Waals surface area contributed by atoms with Gasteiger partial charge in [-0.2, -0.15) is 0 Å². The molecule has 0 saturated carbocycles. The minimum absolute atomic E-state index is 0.489. The summed E-state index contributed by atoms with van der Waals surface area (Å²) >= 11 is 0. The Bertz CT molecular complexity index is 456. The van der Waals surface area contributed by atoms with Gasteiger partial charge >= 0.3 is 0 Å². The lowest BCUT2D eigenvalue weighted by Crippen LogP contribution is -2.52. The molecular weight excluding hydrogens is 274 g/mol. The largest absolute Gasteiger partial charge is 0.379 e. The van der Waals surface area contributed by atoms with Gasteiger partial charge in [0.15, 0.2) is 0 Å². The fourth-order valence-corrected chi connectivity index (χ4v) is 3.49. The Morgan fingerprint density at radius 2 is 1.91 bits per heavy atom. The van der Waals surface area contributed by atoms with Crippen LogP contribution in [-0.4, -0.2) is 68.3 Å². The van der Waals surface area contributed by atoms with Gasteiger partial charge in [-0.3, -0.25) is 9.80 Å². The number of piperazine rings is 1. The maximum atomic E-state index is 5.50. The molecule has 2 unspecified atom stereocenters. The molecule has 2 aliphatic rings. The van der Waals surface area contributed by atoms with E-state index in [1.807, 2.05) is 0 Å². The zero-order valence-electron chi connectivity index (χ0n) is 13.9. The number of aryl methyl sites for hydroxylation is 1. The maximum Gasteiger partial charge on any atom is 0.0594 e. The van der Waals surface area contributed by atoms with Crippen LogP contribution in [0.3, 0.4) is 0 Å². The number of nitrogens with zero attached hydrogens (tertiary/aromatic N) is 2. The summed E-state index contributed by atoms with van der Waals surface area (Å²) in [4.78, 5) is 5.21. The number of benzene rings is 1. The van der Waals surface area contributed by atoms with E-state index in [0.717, 1.165) is 52.5 Å². The average molecular weight is 303 g/mol. The van der Waals surface area contributed by atoms with Gasteiger partial charge in [-0.15, -0.1) is 0 Å². The molecule has 2 heterocycles. The second-order valence-electron chi connectivity index (χ2n) is 6.69. The van der Waals surface area contributed by atoms with Gasteiger partial charge in [-0.05, 0) is 19.4 Å². The van der Waals surface area contributed by atoms with Crippen LogP contribution < -0.4 is 5.32 Å². The number of rotatable bonds is 4. The van der Waals surface area contributed by atoms with Gasteiger partial charge in [0.2, 0.25) is 0 Å². The second kappa shape index (κ2) is 7.55. The molecule has 1 N–H and O–H groups in total. The molecule has 0 spiro atoms. The van der Waals surface area contributed by atoms with Crippen molar-refractivity contribution < 1.29 is 4.74 Å². The number of ether oxygens (including phenoxy) is 1. The number of hydrogen-bond acceptors (Lipinski definition) is 4. The van der Waals surface area contributed by atoms with Crippen LogP contribution in [0.2, 0.25) is 0 Å². The van der Waals surface area contributed by atoms with E-state index in [1.54, 1.807) is 0 Å². The van der Waals surface area contributed by atoms with Gasteiger partial charge in [0, 0.05) is 51.4 Å². The Morgan fingerprint density at radius 1 is 1.18 bits per heavy atom. The summed E-state index contributed by atoms with van der Waals surface area (Å²) in [6.07, 6.45) is 0. The molecule has 2 atom stereocenters. The van der Waals surface area contributed by atoms with Crippen LogP contribution in [-0.2, 0) is 4.74 Å². The van der Waals surface area contributed by atoms with Gasteiger partial charge in [-0.25, -0.2) is 0 Å². The van der Waals surface area contributed by atoms with E-state index in [4.69, 9.17) is 4.74 Å². The van der Waals surface area contributed by atoms with E-state index in [9.17, 15) is 0 Å². The average Bonchev–Trinajstić information content (AvgIpc) is 2.55. The molecule has 0 aliphatic carbocycles. The standard InChI is InChI=1S/C18H29N3O/c1-15-3-5-17(6-4-15)18(14-20-9-11-22-12-10-20)21-8-7-19-16(2)13-21/h3-6,16,18-19H,7-14H2,1-2H3. The summed E-state index contributed by atoms with van der Waals surface area (Å²) < 4.78 is 5.50. The lowest BCUT2D eigenvalue weighted by molar-refractivity contribution is 0.0187. The summed E-state index contributed by atoms with van der Waals surface area (Å²) in [5, 5.41) is 3.56. The highest BCUT2D eigenvalue weighted by molar-refractivity contribution is 5.24. The molecule has 4 heteroatoms. The minimum atomic E-state index is 0.489. The van der Waals surface area contributed by atoms with Crippen molar-refractivity contribution in [2.45, 2.75) is 25.9 Å². The van der Waals surface area contributed by atoms with Gasteiger partial charge in [0.25, 0.3) is 0 Å². The molecule has 22 heavy (non-hydrogen) atoms. The first-order valence-electron chi connectivity index (χ1n) is 8.56.